The highest BCUT2D eigenvalue weighted by atomic mass is 19.4. The zero-order chi connectivity index (χ0) is 20.9. The van der Waals surface area contributed by atoms with Gasteiger partial charge >= 0.3 is 6.18 Å². The lowest BCUT2D eigenvalue weighted by atomic mass is 10.0. The number of nitrogens with zero attached hydrogens (tertiary/aromatic N) is 2. The van der Waals surface area contributed by atoms with Crippen molar-refractivity contribution in [1.82, 2.24) is 5.43 Å². The summed E-state index contributed by atoms with van der Waals surface area (Å²) in [5.41, 5.74) is 2.06. The minimum Gasteiger partial charge on any atom is -0.273 e. The van der Waals surface area contributed by atoms with Crippen LogP contribution in [0.2, 0.25) is 0 Å². The number of hydrogen-bond acceptors (Lipinski definition) is 4. The third-order valence-electron chi connectivity index (χ3n) is 3.97. The molecular weight excluding hydrogens is 375 g/mol. The first-order valence-electron chi connectivity index (χ1n) is 8.34. The van der Waals surface area contributed by atoms with Gasteiger partial charge in [0.25, 0.3) is 5.69 Å². The number of nitro groups is 1. The van der Waals surface area contributed by atoms with E-state index in [4.69, 9.17) is 0 Å². The first-order valence-corrected chi connectivity index (χ1v) is 8.34. The number of alkyl halides is 3. The van der Waals surface area contributed by atoms with Crippen molar-refractivity contribution < 1.29 is 22.9 Å². The fourth-order valence-corrected chi connectivity index (χ4v) is 2.42. The van der Waals surface area contributed by atoms with Crippen LogP contribution in [0.4, 0.5) is 18.9 Å². The number of carbonyl (C=O) groups excluding carboxylic acids is 1. The number of halogens is 3. The Morgan fingerprint density at radius 3 is 2.39 bits per heavy atom. The molecule has 0 saturated carbocycles. The molecule has 0 aromatic heterocycles. The van der Waals surface area contributed by atoms with Gasteiger partial charge in [-0.3, -0.25) is 14.9 Å². The fourth-order valence-electron chi connectivity index (χ4n) is 2.42. The number of hydrazone groups is 1. The van der Waals surface area contributed by atoms with Crippen molar-refractivity contribution >= 4 is 17.8 Å². The minimum atomic E-state index is -4.71. The van der Waals surface area contributed by atoms with Crippen LogP contribution in [0.1, 0.15) is 42.0 Å². The third kappa shape index (κ3) is 5.63. The van der Waals surface area contributed by atoms with Crippen LogP contribution in [0.5, 0.6) is 0 Å². The van der Waals surface area contributed by atoms with Crippen LogP contribution >= 0.6 is 0 Å². The van der Waals surface area contributed by atoms with Gasteiger partial charge in [-0.15, -0.1) is 0 Å². The quantitative estimate of drug-likeness (QED) is 0.448. The van der Waals surface area contributed by atoms with Gasteiger partial charge in [0.2, 0.25) is 5.91 Å². The average molecular weight is 393 g/mol. The number of rotatable bonds is 6. The maximum Gasteiger partial charge on any atom is 0.416 e. The summed E-state index contributed by atoms with van der Waals surface area (Å²) < 4.78 is 38.1. The molecule has 148 valence electrons. The van der Waals surface area contributed by atoms with E-state index < -0.39 is 34.7 Å². The monoisotopic (exact) mass is 393 g/mol. The number of hydrogen-bond donors (Lipinski definition) is 1. The summed E-state index contributed by atoms with van der Waals surface area (Å²) in [5.74, 6) is -0.303. The molecule has 0 aliphatic rings. The largest absolute Gasteiger partial charge is 0.416 e. The molecule has 0 bridgehead atoms. The lowest BCUT2D eigenvalue weighted by molar-refractivity contribution is -0.385. The molecule has 2 rings (SSSR count). The molecule has 0 unspecified atom stereocenters. The van der Waals surface area contributed by atoms with Crippen LogP contribution in [-0.2, 0) is 17.4 Å². The lowest BCUT2D eigenvalue weighted by Crippen LogP contribution is -2.20. The first-order chi connectivity index (χ1) is 13.1. The minimum absolute atomic E-state index is 0.132. The summed E-state index contributed by atoms with van der Waals surface area (Å²) in [4.78, 5) is 22.0. The van der Waals surface area contributed by atoms with E-state index in [9.17, 15) is 28.1 Å². The molecule has 0 aliphatic heterocycles. The molecule has 28 heavy (non-hydrogen) atoms. The van der Waals surface area contributed by atoms with Gasteiger partial charge in [-0.25, -0.2) is 5.43 Å². The highest BCUT2D eigenvalue weighted by Gasteiger charge is 2.33. The van der Waals surface area contributed by atoms with Gasteiger partial charge in [0.05, 0.1) is 23.1 Å². The summed E-state index contributed by atoms with van der Waals surface area (Å²) in [5, 5.41) is 14.8. The van der Waals surface area contributed by atoms with Gasteiger partial charge in [-0.05, 0) is 23.1 Å². The van der Waals surface area contributed by atoms with Gasteiger partial charge in [0.15, 0.2) is 0 Å². The standard InChI is InChI=1S/C19H18F3N3O3/c1-12(2)14-5-3-13(4-6-14)11-23-24-18(26)9-15-7-8-16(19(20,21)22)10-17(15)25(27)28/h3-8,10-12H,9H2,1-2H3,(H,24,26)/b23-11+. The summed E-state index contributed by atoms with van der Waals surface area (Å²) >= 11 is 0. The molecular formula is C19H18F3N3O3. The number of benzene rings is 2. The number of nitro benzene ring substituents is 1. The van der Waals surface area contributed by atoms with Gasteiger partial charge in [-0.1, -0.05) is 44.2 Å². The van der Waals surface area contributed by atoms with Crippen molar-refractivity contribution in [3.05, 3.63) is 74.8 Å². The molecule has 9 heteroatoms. The van der Waals surface area contributed by atoms with Crippen LogP contribution in [0.3, 0.4) is 0 Å². The molecule has 1 amide bonds. The summed E-state index contributed by atoms with van der Waals surface area (Å²) in [7, 11) is 0. The third-order valence-corrected chi connectivity index (χ3v) is 3.97. The molecule has 0 atom stereocenters. The van der Waals surface area contributed by atoms with E-state index in [0.29, 0.717) is 18.1 Å². The normalized spacial score (nSPS) is 11.8. The highest BCUT2D eigenvalue weighted by Crippen LogP contribution is 2.33. The lowest BCUT2D eigenvalue weighted by Gasteiger charge is -2.08. The Balaban J connectivity index is 2.05. The second-order valence-electron chi connectivity index (χ2n) is 6.39. The molecule has 0 fully saturated rings. The van der Waals surface area contributed by atoms with E-state index in [0.717, 1.165) is 17.2 Å². The molecule has 0 spiro atoms. The smallest absolute Gasteiger partial charge is 0.273 e. The maximum atomic E-state index is 12.7. The second-order valence-corrected chi connectivity index (χ2v) is 6.39. The van der Waals surface area contributed by atoms with Crippen LogP contribution in [0, 0.1) is 10.1 Å². The Labute approximate surface area is 159 Å². The Bertz CT molecular complexity index is 892. The zero-order valence-corrected chi connectivity index (χ0v) is 15.2. The Hall–Kier alpha value is -3.23. The van der Waals surface area contributed by atoms with E-state index in [2.05, 4.69) is 24.4 Å². The number of nitrogens with one attached hydrogen (secondary N) is 1. The molecule has 0 aliphatic carbocycles. The van der Waals surface area contributed by atoms with E-state index in [1.807, 2.05) is 24.3 Å². The van der Waals surface area contributed by atoms with Gasteiger partial charge in [0, 0.05) is 11.6 Å². The van der Waals surface area contributed by atoms with Crippen molar-refractivity contribution in [3.63, 3.8) is 0 Å². The van der Waals surface area contributed by atoms with Crippen LogP contribution in [-0.4, -0.2) is 17.0 Å². The van der Waals surface area contributed by atoms with Crippen molar-refractivity contribution in [2.45, 2.75) is 32.4 Å². The molecule has 0 heterocycles. The highest BCUT2D eigenvalue weighted by molar-refractivity contribution is 5.83. The average Bonchev–Trinajstić information content (AvgIpc) is 2.61. The Kier molecular flexibility index (Phi) is 6.50. The summed E-state index contributed by atoms with van der Waals surface area (Å²) in [6.07, 6.45) is -3.78. The van der Waals surface area contributed by atoms with E-state index >= 15 is 0 Å². The molecule has 2 aromatic carbocycles. The van der Waals surface area contributed by atoms with Gasteiger partial charge in [-0.2, -0.15) is 18.3 Å². The van der Waals surface area contributed by atoms with Crippen molar-refractivity contribution in [2.24, 2.45) is 5.10 Å². The summed E-state index contributed by atoms with van der Waals surface area (Å²) in [6.45, 7) is 4.12. The molecule has 0 saturated heterocycles. The van der Waals surface area contributed by atoms with Gasteiger partial charge in [0.1, 0.15) is 0 Å². The van der Waals surface area contributed by atoms with Crippen molar-refractivity contribution in [2.75, 3.05) is 0 Å². The first kappa shape index (κ1) is 21.1. The molecule has 0 radical (unpaired) electrons. The SMILES string of the molecule is CC(C)c1ccc(/C=N/NC(=O)Cc2ccc(C(F)(F)F)cc2[N+](=O)[O-])cc1. The van der Waals surface area contributed by atoms with Crippen LogP contribution in [0.25, 0.3) is 0 Å². The summed E-state index contributed by atoms with van der Waals surface area (Å²) in [6, 6.07) is 9.56. The van der Waals surface area contributed by atoms with Crippen LogP contribution in [0.15, 0.2) is 47.6 Å². The maximum absolute atomic E-state index is 12.7. The molecule has 2 aromatic rings. The Morgan fingerprint density at radius 1 is 1.21 bits per heavy atom. The molecule has 1 N–H and O–H groups in total. The number of carbonyl (C=O) groups is 1. The van der Waals surface area contributed by atoms with Crippen molar-refractivity contribution in [3.8, 4) is 0 Å². The predicted molar refractivity (Wildman–Crippen MR) is 98.1 cm³/mol. The number of amides is 1. The molecule has 6 nitrogen and oxygen atoms in total. The van der Waals surface area contributed by atoms with Crippen LogP contribution < -0.4 is 5.43 Å². The predicted octanol–water partition coefficient (Wildman–Crippen LogP) is 4.43. The second kappa shape index (κ2) is 8.64. The van der Waals surface area contributed by atoms with E-state index in [-0.39, 0.29) is 5.56 Å². The van der Waals surface area contributed by atoms with E-state index in [1.165, 1.54) is 6.21 Å². The topological polar surface area (TPSA) is 84.6 Å². The fraction of sp³-hybridized carbons (Fsp3) is 0.263. The van der Waals surface area contributed by atoms with Crippen molar-refractivity contribution in [1.29, 1.82) is 0 Å². The Morgan fingerprint density at radius 2 is 1.86 bits per heavy atom. The van der Waals surface area contributed by atoms with E-state index in [1.54, 1.807) is 0 Å². The van der Waals surface area contributed by atoms with Gasteiger partial charge < -0.3 is 0 Å². The zero-order valence-electron chi connectivity index (χ0n) is 15.2.